The maximum absolute atomic E-state index is 11.7. The summed E-state index contributed by atoms with van der Waals surface area (Å²) in [6.45, 7) is 0. The molecule has 1 heterocycles. The molecule has 0 aliphatic carbocycles. The molecule has 0 saturated heterocycles. The Morgan fingerprint density at radius 3 is 2.62 bits per heavy atom. The van der Waals surface area contributed by atoms with E-state index in [-0.39, 0.29) is 21.3 Å². The highest BCUT2D eigenvalue weighted by atomic mass is 35.5. The highest BCUT2D eigenvalue weighted by Crippen LogP contribution is 2.26. The number of sulfone groups is 1. The number of anilines is 2. The van der Waals surface area contributed by atoms with E-state index in [9.17, 15) is 13.2 Å². The third-order valence-corrected chi connectivity index (χ3v) is 4.07. The van der Waals surface area contributed by atoms with Crippen LogP contribution in [0.15, 0.2) is 41.4 Å². The fourth-order valence-electron chi connectivity index (χ4n) is 1.69. The molecule has 1 aromatic heterocycles. The number of aromatic carboxylic acids is 1. The van der Waals surface area contributed by atoms with Crippen LogP contribution in [-0.2, 0) is 9.84 Å². The lowest BCUT2D eigenvalue weighted by atomic mass is 10.2. The van der Waals surface area contributed by atoms with Crippen LogP contribution in [0.3, 0.4) is 0 Å². The van der Waals surface area contributed by atoms with Crippen molar-refractivity contribution in [1.29, 1.82) is 0 Å². The van der Waals surface area contributed by atoms with E-state index in [4.69, 9.17) is 16.7 Å². The second kappa shape index (κ2) is 5.71. The third kappa shape index (κ3) is 3.50. The first-order chi connectivity index (χ1) is 9.79. The SMILES string of the molecule is CS(=O)(=O)c1cccnc1Nc1ccc(C(=O)O)c(Cl)c1. The first kappa shape index (κ1) is 15.3. The van der Waals surface area contributed by atoms with Gasteiger partial charge in [0, 0.05) is 18.1 Å². The second-order valence-corrected chi connectivity index (χ2v) is 6.64. The molecule has 0 aliphatic rings. The van der Waals surface area contributed by atoms with Crippen molar-refractivity contribution in [3.8, 4) is 0 Å². The van der Waals surface area contributed by atoms with Gasteiger partial charge in [0.2, 0.25) is 0 Å². The molecule has 0 amide bonds. The van der Waals surface area contributed by atoms with Gasteiger partial charge in [0.1, 0.15) is 10.7 Å². The van der Waals surface area contributed by atoms with Gasteiger partial charge < -0.3 is 10.4 Å². The van der Waals surface area contributed by atoms with E-state index in [0.717, 1.165) is 6.26 Å². The topological polar surface area (TPSA) is 96.4 Å². The molecule has 0 unspecified atom stereocenters. The predicted octanol–water partition coefficient (Wildman–Crippen LogP) is 2.58. The number of pyridine rings is 1. The highest BCUT2D eigenvalue weighted by Gasteiger charge is 2.15. The van der Waals surface area contributed by atoms with Gasteiger partial charge in [-0.05, 0) is 30.3 Å². The Hall–Kier alpha value is -2.12. The Morgan fingerprint density at radius 2 is 2.05 bits per heavy atom. The third-order valence-electron chi connectivity index (χ3n) is 2.63. The van der Waals surface area contributed by atoms with Gasteiger partial charge in [-0.1, -0.05) is 11.6 Å². The van der Waals surface area contributed by atoms with Crippen LogP contribution in [0.4, 0.5) is 11.5 Å². The Bertz CT molecular complexity index is 806. The number of carbonyl (C=O) groups is 1. The lowest BCUT2D eigenvalue weighted by Crippen LogP contribution is -2.05. The molecule has 0 atom stereocenters. The summed E-state index contributed by atoms with van der Waals surface area (Å²) in [7, 11) is -3.44. The zero-order chi connectivity index (χ0) is 15.6. The molecule has 2 N–H and O–H groups in total. The maximum Gasteiger partial charge on any atom is 0.337 e. The first-order valence-electron chi connectivity index (χ1n) is 5.74. The molecule has 0 bridgehead atoms. The standard InChI is InChI=1S/C13H11ClN2O4S/c1-21(19,20)11-3-2-6-15-12(11)16-8-4-5-9(13(17)18)10(14)7-8/h2-7H,1H3,(H,15,16)(H,17,18). The predicted molar refractivity (Wildman–Crippen MR) is 79.0 cm³/mol. The van der Waals surface area contributed by atoms with Crippen molar-refractivity contribution in [2.24, 2.45) is 0 Å². The normalized spacial score (nSPS) is 11.1. The van der Waals surface area contributed by atoms with Crippen LogP contribution >= 0.6 is 11.6 Å². The van der Waals surface area contributed by atoms with Crippen LogP contribution in [0, 0.1) is 0 Å². The van der Waals surface area contributed by atoms with Gasteiger partial charge in [-0.3, -0.25) is 0 Å². The van der Waals surface area contributed by atoms with Gasteiger partial charge in [0.15, 0.2) is 9.84 Å². The number of rotatable bonds is 4. The molecule has 2 rings (SSSR count). The fourth-order valence-corrected chi connectivity index (χ4v) is 2.73. The summed E-state index contributed by atoms with van der Waals surface area (Å²) >= 11 is 5.86. The number of aromatic nitrogens is 1. The van der Waals surface area contributed by atoms with Crippen molar-refractivity contribution in [2.75, 3.05) is 11.6 Å². The largest absolute Gasteiger partial charge is 0.478 e. The van der Waals surface area contributed by atoms with E-state index in [1.54, 1.807) is 0 Å². The van der Waals surface area contributed by atoms with Crippen molar-refractivity contribution in [1.82, 2.24) is 4.98 Å². The van der Waals surface area contributed by atoms with Crippen molar-refractivity contribution >= 4 is 38.9 Å². The molecule has 0 radical (unpaired) electrons. The smallest absolute Gasteiger partial charge is 0.337 e. The van der Waals surface area contributed by atoms with Crippen molar-refractivity contribution in [3.63, 3.8) is 0 Å². The molecule has 21 heavy (non-hydrogen) atoms. The number of benzene rings is 1. The molecule has 2 aromatic rings. The summed E-state index contributed by atoms with van der Waals surface area (Å²) in [5, 5.41) is 11.8. The molecule has 1 aromatic carbocycles. The van der Waals surface area contributed by atoms with Gasteiger partial charge in [0.25, 0.3) is 0 Å². The molecule has 0 aliphatic heterocycles. The first-order valence-corrected chi connectivity index (χ1v) is 8.01. The number of carboxylic acids is 1. The Morgan fingerprint density at radius 1 is 1.33 bits per heavy atom. The van der Waals surface area contributed by atoms with Gasteiger partial charge in [-0.25, -0.2) is 18.2 Å². The van der Waals surface area contributed by atoms with Crippen molar-refractivity contribution < 1.29 is 18.3 Å². The molecular formula is C13H11ClN2O4S. The number of hydrogen-bond acceptors (Lipinski definition) is 5. The Labute approximate surface area is 126 Å². The van der Waals surface area contributed by atoms with Gasteiger partial charge in [0.05, 0.1) is 10.6 Å². The van der Waals surface area contributed by atoms with Crippen LogP contribution in [0.5, 0.6) is 0 Å². The minimum atomic E-state index is -3.44. The molecule has 0 saturated carbocycles. The maximum atomic E-state index is 11.7. The van der Waals surface area contributed by atoms with E-state index in [1.165, 1.54) is 36.5 Å². The summed E-state index contributed by atoms with van der Waals surface area (Å²) in [5.74, 6) is -0.986. The lowest BCUT2D eigenvalue weighted by Gasteiger charge is -2.10. The number of halogens is 1. The average Bonchev–Trinajstić information content (AvgIpc) is 2.37. The number of carboxylic acid groups (broad SMARTS) is 1. The molecule has 0 fully saturated rings. The summed E-state index contributed by atoms with van der Waals surface area (Å²) in [6.07, 6.45) is 2.53. The number of hydrogen-bond donors (Lipinski definition) is 2. The van der Waals surface area contributed by atoms with E-state index in [0.29, 0.717) is 5.69 Å². The number of nitrogens with one attached hydrogen (secondary N) is 1. The van der Waals surface area contributed by atoms with Crippen LogP contribution in [0.2, 0.25) is 5.02 Å². The lowest BCUT2D eigenvalue weighted by molar-refractivity contribution is 0.0697. The average molecular weight is 327 g/mol. The zero-order valence-electron chi connectivity index (χ0n) is 10.9. The van der Waals surface area contributed by atoms with Crippen molar-refractivity contribution in [3.05, 3.63) is 47.1 Å². The fraction of sp³-hybridized carbons (Fsp3) is 0.0769. The van der Waals surface area contributed by atoms with Crippen LogP contribution in [0.25, 0.3) is 0 Å². The summed E-state index contributed by atoms with van der Waals surface area (Å²) < 4.78 is 23.3. The van der Waals surface area contributed by atoms with E-state index >= 15 is 0 Å². The zero-order valence-corrected chi connectivity index (χ0v) is 12.4. The second-order valence-electron chi connectivity index (χ2n) is 4.25. The summed E-state index contributed by atoms with van der Waals surface area (Å²) in [5.41, 5.74) is 0.403. The molecule has 0 spiro atoms. The Kier molecular flexibility index (Phi) is 4.15. The van der Waals surface area contributed by atoms with Crippen LogP contribution < -0.4 is 5.32 Å². The van der Waals surface area contributed by atoms with Crippen LogP contribution in [-0.4, -0.2) is 30.7 Å². The monoisotopic (exact) mass is 326 g/mol. The van der Waals surface area contributed by atoms with E-state index in [1.807, 2.05) is 0 Å². The van der Waals surface area contributed by atoms with E-state index < -0.39 is 15.8 Å². The quantitative estimate of drug-likeness (QED) is 0.896. The molecule has 6 nitrogen and oxygen atoms in total. The van der Waals surface area contributed by atoms with Gasteiger partial charge in [-0.15, -0.1) is 0 Å². The summed E-state index contributed by atoms with van der Waals surface area (Å²) in [6, 6.07) is 7.15. The minimum absolute atomic E-state index is 0.0356. The highest BCUT2D eigenvalue weighted by molar-refractivity contribution is 7.90. The molecule has 8 heteroatoms. The Balaban J connectivity index is 2.40. The van der Waals surface area contributed by atoms with Gasteiger partial charge in [-0.2, -0.15) is 0 Å². The van der Waals surface area contributed by atoms with Crippen molar-refractivity contribution in [2.45, 2.75) is 4.90 Å². The molecule has 110 valence electrons. The van der Waals surface area contributed by atoms with Crippen LogP contribution in [0.1, 0.15) is 10.4 Å². The number of nitrogens with zero attached hydrogens (tertiary/aromatic N) is 1. The molecular weight excluding hydrogens is 316 g/mol. The van der Waals surface area contributed by atoms with Gasteiger partial charge >= 0.3 is 5.97 Å². The van der Waals surface area contributed by atoms with E-state index in [2.05, 4.69) is 10.3 Å². The summed E-state index contributed by atoms with van der Waals surface area (Å²) in [4.78, 5) is 14.9. The minimum Gasteiger partial charge on any atom is -0.478 e.